The van der Waals surface area contributed by atoms with Crippen LogP contribution in [0, 0.1) is 0 Å². The second-order valence-electron chi connectivity index (χ2n) is 2.00. The third-order valence-corrected chi connectivity index (χ3v) is 1.14. The minimum absolute atomic E-state index is 0.442. The molecule has 0 aliphatic rings. The largest absolute Gasteiger partial charge is 0.368 e. The number of carbonyl (C=O) groups excluding carboxylic acids is 1. The van der Waals surface area contributed by atoms with Crippen LogP contribution in [0.4, 0.5) is 0 Å². The molecule has 0 rings (SSSR count). The van der Waals surface area contributed by atoms with Crippen LogP contribution in [0.25, 0.3) is 0 Å². The number of allylic oxidation sites excluding steroid dienone is 1. The molecule has 0 saturated carbocycles. The zero-order valence-corrected chi connectivity index (χ0v) is 5.76. The molecule has 0 radical (unpaired) electrons. The maximum Gasteiger partial charge on any atom is 0.368 e. The van der Waals surface area contributed by atoms with Crippen molar-refractivity contribution >= 4 is 5.97 Å². The van der Waals surface area contributed by atoms with Crippen molar-refractivity contribution in [1.29, 1.82) is 0 Å². The molecule has 0 heterocycles. The Morgan fingerprint density at radius 2 is 1.78 bits per heavy atom. The Labute approximate surface area is 53.9 Å². The number of hydrogen-bond acceptors (Lipinski definition) is 3. The topological polar surface area (TPSA) is 46.5 Å². The highest BCUT2D eigenvalue weighted by Gasteiger charge is 2.04. The van der Waals surface area contributed by atoms with Crippen LogP contribution < -0.4 is 0 Å². The smallest absolute Gasteiger partial charge is 0.296 e. The van der Waals surface area contributed by atoms with Crippen LogP contribution in [0.5, 0.6) is 0 Å². The van der Waals surface area contributed by atoms with Crippen molar-refractivity contribution in [3.8, 4) is 0 Å². The second-order valence-corrected chi connectivity index (χ2v) is 2.00. The fraction of sp³-hybridized carbons (Fsp3) is 0.500. The van der Waals surface area contributed by atoms with E-state index in [9.17, 15) is 4.79 Å². The van der Waals surface area contributed by atoms with Crippen LogP contribution in [0.2, 0.25) is 0 Å². The Morgan fingerprint density at radius 3 is 1.89 bits per heavy atom. The molecule has 0 amide bonds. The molecule has 0 aromatic rings. The molecule has 0 unspecified atom stereocenters. The molecule has 3 heteroatoms. The van der Waals surface area contributed by atoms with E-state index >= 15 is 0 Å². The van der Waals surface area contributed by atoms with Crippen LogP contribution in [0.1, 0.15) is 20.8 Å². The van der Waals surface area contributed by atoms with Crippen LogP contribution in [0.3, 0.4) is 0 Å². The first kappa shape index (κ1) is 8.17. The summed E-state index contributed by atoms with van der Waals surface area (Å²) in [4.78, 5) is 13.9. The lowest BCUT2D eigenvalue weighted by Crippen LogP contribution is -2.02. The van der Waals surface area contributed by atoms with E-state index in [-0.39, 0.29) is 0 Å². The molecule has 3 nitrogen and oxygen atoms in total. The molecular formula is C6H10O3. The quantitative estimate of drug-likeness (QED) is 0.331. The van der Waals surface area contributed by atoms with E-state index in [0.717, 1.165) is 5.57 Å². The molecule has 0 aromatic carbocycles. The predicted molar refractivity (Wildman–Crippen MR) is 32.8 cm³/mol. The van der Waals surface area contributed by atoms with Gasteiger partial charge in [0.1, 0.15) is 0 Å². The molecule has 0 aliphatic heterocycles. The molecule has 52 valence electrons. The summed E-state index contributed by atoms with van der Waals surface area (Å²) < 4.78 is 0. The van der Waals surface area contributed by atoms with Gasteiger partial charge in [0.25, 0.3) is 0 Å². The SMILES string of the molecule is CC(C)=C(C)C(=O)OO. The van der Waals surface area contributed by atoms with E-state index in [0.29, 0.717) is 5.57 Å². The summed E-state index contributed by atoms with van der Waals surface area (Å²) in [5, 5.41) is 7.87. The van der Waals surface area contributed by atoms with Gasteiger partial charge < -0.3 is 0 Å². The van der Waals surface area contributed by atoms with Crippen molar-refractivity contribution in [3.63, 3.8) is 0 Å². The third-order valence-electron chi connectivity index (χ3n) is 1.14. The lowest BCUT2D eigenvalue weighted by molar-refractivity contribution is -0.229. The predicted octanol–water partition coefficient (Wildman–Crippen LogP) is 1.36. The van der Waals surface area contributed by atoms with Gasteiger partial charge in [0.2, 0.25) is 0 Å². The number of carbonyl (C=O) groups is 1. The van der Waals surface area contributed by atoms with Crippen LogP contribution in [-0.2, 0) is 9.68 Å². The summed E-state index contributed by atoms with van der Waals surface area (Å²) in [6, 6.07) is 0. The maximum atomic E-state index is 10.4. The van der Waals surface area contributed by atoms with Crippen molar-refractivity contribution in [2.75, 3.05) is 0 Å². The number of rotatable bonds is 1. The fourth-order valence-corrected chi connectivity index (χ4v) is 0.273. The van der Waals surface area contributed by atoms with Crippen molar-refractivity contribution in [1.82, 2.24) is 0 Å². The summed E-state index contributed by atoms with van der Waals surface area (Å²) in [6.07, 6.45) is 0. The van der Waals surface area contributed by atoms with Gasteiger partial charge in [-0.15, -0.1) is 0 Å². The van der Waals surface area contributed by atoms with Gasteiger partial charge in [-0.25, -0.2) is 4.79 Å². The zero-order valence-electron chi connectivity index (χ0n) is 5.76. The minimum Gasteiger partial charge on any atom is -0.296 e. The molecule has 0 aromatic heterocycles. The van der Waals surface area contributed by atoms with Gasteiger partial charge in [0.15, 0.2) is 0 Å². The van der Waals surface area contributed by atoms with Crippen molar-refractivity contribution in [2.24, 2.45) is 0 Å². The maximum absolute atomic E-state index is 10.4. The van der Waals surface area contributed by atoms with Gasteiger partial charge in [0, 0.05) is 5.57 Å². The van der Waals surface area contributed by atoms with Crippen molar-refractivity contribution in [2.45, 2.75) is 20.8 Å². The van der Waals surface area contributed by atoms with Gasteiger partial charge >= 0.3 is 5.97 Å². The van der Waals surface area contributed by atoms with Crippen LogP contribution in [0.15, 0.2) is 11.1 Å². The molecule has 9 heavy (non-hydrogen) atoms. The van der Waals surface area contributed by atoms with E-state index in [1.807, 2.05) is 0 Å². The molecule has 0 saturated heterocycles. The first-order valence-electron chi connectivity index (χ1n) is 2.59. The Bertz CT molecular complexity index is 142. The van der Waals surface area contributed by atoms with Crippen LogP contribution in [-0.4, -0.2) is 11.2 Å². The van der Waals surface area contributed by atoms with Gasteiger partial charge in [-0.3, -0.25) is 4.89 Å². The lowest BCUT2D eigenvalue weighted by Gasteiger charge is -1.96. The van der Waals surface area contributed by atoms with Gasteiger partial charge in [-0.05, 0) is 20.8 Å². The molecule has 0 spiro atoms. The van der Waals surface area contributed by atoms with E-state index in [1.54, 1.807) is 20.8 Å². The highest BCUT2D eigenvalue weighted by atomic mass is 17.1. The molecular weight excluding hydrogens is 120 g/mol. The van der Waals surface area contributed by atoms with Gasteiger partial charge in [-0.2, -0.15) is 5.26 Å². The first-order valence-corrected chi connectivity index (χ1v) is 2.59. The summed E-state index contributed by atoms with van der Waals surface area (Å²) in [5.41, 5.74) is 1.28. The summed E-state index contributed by atoms with van der Waals surface area (Å²) >= 11 is 0. The molecule has 0 fully saturated rings. The zero-order chi connectivity index (χ0) is 7.44. The Hall–Kier alpha value is -0.830. The molecule has 0 bridgehead atoms. The standard InChI is InChI=1S/C6H10O3/c1-4(2)5(3)6(7)9-8/h8H,1-3H3. The normalized spacial score (nSPS) is 8.44. The first-order chi connectivity index (χ1) is 4.09. The summed E-state index contributed by atoms with van der Waals surface area (Å²) in [6.45, 7) is 5.13. The second kappa shape index (κ2) is 3.25. The molecule has 0 aliphatic carbocycles. The van der Waals surface area contributed by atoms with Crippen molar-refractivity contribution in [3.05, 3.63) is 11.1 Å². The average molecular weight is 130 g/mol. The third kappa shape index (κ3) is 2.28. The fourth-order valence-electron chi connectivity index (χ4n) is 0.273. The lowest BCUT2D eigenvalue weighted by atomic mass is 10.2. The Morgan fingerprint density at radius 1 is 1.33 bits per heavy atom. The Kier molecular flexibility index (Phi) is 2.95. The van der Waals surface area contributed by atoms with E-state index in [4.69, 9.17) is 5.26 Å². The van der Waals surface area contributed by atoms with E-state index in [2.05, 4.69) is 4.89 Å². The average Bonchev–Trinajstić information content (AvgIpc) is 1.84. The van der Waals surface area contributed by atoms with Gasteiger partial charge in [0.05, 0.1) is 0 Å². The number of hydrogen-bond donors (Lipinski definition) is 1. The van der Waals surface area contributed by atoms with E-state index < -0.39 is 5.97 Å². The molecule has 1 N–H and O–H groups in total. The van der Waals surface area contributed by atoms with Crippen LogP contribution >= 0.6 is 0 Å². The monoisotopic (exact) mass is 130 g/mol. The highest BCUT2D eigenvalue weighted by molar-refractivity contribution is 5.87. The minimum atomic E-state index is -0.685. The Balaban J connectivity index is 4.21. The highest BCUT2D eigenvalue weighted by Crippen LogP contribution is 2.02. The molecule has 0 atom stereocenters. The summed E-state index contributed by atoms with van der Waals surface area (Å²) in [5.74, 6) is -0.685. The van der Waals surface area contributed by atoms with E-state index in [1.165, 1.54) is 0 Å². The summed E-state index contributed by atoms with van der Waals surface area (Å²) in [7, 11) is 0. The van der Waals surface area contributed by atoms with Gasteiger partial charge in [-0.1, -0.05) is 5.57 Å². The van der Waals surface area contributed by atoms with Crippen molar-refractivity contribution < 1.29 is 14.9 Å².